The topological polar surface area (TPSA) is 35.0 Å². The number of aryl methyl sites for hydroxylation is 1. The molecule has 82 valence electrons. The maximum Gasteiger partial charge on any atom is 0.218 e. The van der Waals surface area contributed by atoms with E-state index in [1.165, 1.54) is 0 Å². The number of benzene rings is 1. The summed E-state index contributed by atoms with van der Waals surface area (Å²) in [5.41, 5.74) is 1.12. The molecule has 0 radical (unpaired) electrons. The zero-order valence-electron chi connectivity index (χ0n) is 8.85. The highest BCUT2D eigenvalue weighted by Gasteiger charge is 2.00. The number of halogens is 1. The third kappa shape index (κ3) is 3.03. The molecule has 2 rings (SSSR count). The van der Waals surface area contributed by atoms with Crippen LogP contribution in [0.2, 0.25) is 0 Å². The fraction of sp³-hybridized carbons (Fsp3) is 0.167. The third-order valence-corrected chi connectivity index (χ3v) is 2.42. The van der Waals surface area contributed by atoms with Gasteiger partial charge in [0.15, 0.2) is 0 Å². The smallest absolute Gasteiger partial charge is 0.218 e. The Morgan fingerprint density at radius 1 is 1.19 bits per heavy atom. The minimum Gasteiger partial charge on any atom is -0.473 e. The Labute approximate surface area is 103 Å². The van der Waals surface area contributed by atoms with Crippen LogP contribution < -0.4 is 4.74 Å². The Kier molecular flexibility index (Phi) is 3.51. The van der Waals surface area contributed by atoms with Crippen molar-refractivity contribution in [2.75, 3.05) is 0 Å². The van der Waals surface area contributed by atoms with Crippen LogP contribution in [0.25, 0.3) is 0 Å². The van der Waals surface area contributed by atoms with Crippen LogP contribution in [0.5, 0.6) is 5.88 Å². The van der Waals surface area contributed by atoms with E-state index in [-0.39, 0.29) is 0 Å². The molecule has 0 fully saturated rings. The van der Waals surface area contributed by atoms with E-state index < -0.39 is 0 Å². The lowest BCUT2D eigenvalue weighted by molar-refractivity contribution is 0.292. The molecule has 4 heteroatoms. The second kappa shape index (κ2) is 5.07. The summed E-state index contributed by atoms with van der Waals surface area (Å²) in [5, 5.41) is 0. The number of hydrogen-bond donors (Lipinski definition) is 0. The van der Waals surface area contributed by atoms with Crippen molar-refractivity contribution in [2.24, 2.45) is 0 Å². The summed E-state index contributed by atoms with van der Waals surface area (Å²) in [4.78, 5) is 8.30. The average molecular weight is 279 g/mol. The van der Waals surface area contributed by atoms with Gasteiger partial charge in [0.2, 0.25) is 5.88 Å². The maximum absolute atomic E-state index is 5.57. The summed E-state index contributed by atoms with van der Waals surface area (Å²) in [6.45, 7) is 2.35. The van der Waals surface area contributed by atoms with Gasteiger partial charge in [0.25, 0.3) is 0 Å². The Balaban J connectivity index is 2.05. The summed E-state index contributed by atoms with van der Waals surface area (Å²) in [6, 6.07) is 11.7. The van der Waals surface area contributed by atoms with E-state index in [9.17, 15) is 0 Å². The van der Waals surface area contributed by atoms with E-state index in [2.05, 4.69) is 25.9 Å². The van der Waals surface area contributed by atoms with Crippen LogP contribution in [0.4, 0.5) is 0 Å². The van der Waals surface area contributed by atoms with E-state index in [0.29, 0.717) is 18.3 Å². The molecule has 0 aliphatic carbocycles. The predicted molar refractivity (Wildman–Crippen MR) is 65.2 cm³/mol. The van der Waals surface area contributed by atoms with Crippen molar-refractivity contribution in [1.82, 2.24) is 9.97 Å². The Bertz CT molecular complexity index is 453. The first-order valence-corrected chi connectivity index (χ1v) is 5.71. The molecule has 1 aromatic heterocycles. The zero-order valence-corrected chi connectivity index (χ0v) is 10.4. The number of rotatable bonds is 3. The largest absolute Gasteiger partial charge is 0.473 e. The first kappa shape index (κ1) is 11.1. The SMILES string of the molecule is Cc1nc(Br)cc(OCc2ccccc2)n1. The molecular weight excluding hydrogens is 268 g/mol. The van der Waals surface area contributed by atoms with Crippen LogP contribution >= 0.6 is 15.9 Å². The van der Waals surface area contributed by atoms with Gasteiger partial charge in [-0.1, -0.05) is 30.3 Å². The average Bonchev–Trinajstić information content (AvgIpc) is 2.27. The summed E-state index contributed by atoms with van der Waals surface area (Å²) in [7, 11) is 0. The van der Waals surface area contributed by atoms with Crippen LogP contribution in [0, 0.1) is 6.92 Å². The van der Waals surface area contributed by atoms with E-state index in [4.69, 9.17) is 4.74 Å². The normalized spacial score (nSPS) is 10.1. The Morgan fingerprint density at radius 2 is 1.94 bits per heavy atom. The standard InChI is InChI=1S/C12H11BrN2O/c1-9-14-11(13)7-12(15-9)16-8-10-5-3-2-4-6-10/h2-7H,8H2,1H3. The zero-order chi connectivity index (χ0) is 11.4. The molecule has 0 saturated carbocycles. The molecule has 0 amide bonds. The first-order chi connectivity index (χ1) is 7.74. The van der Waals surface area contributed by atoms with Gasteiger partial charge in [-0.15, -0.1) is 0 Å². The van der Waals surface area contributed by atoms with Gasteiger partial charge >= 0.3 is 0 Å². The van der Waals surface area contributed by atoms with Gasteiger partial charge in [-0.25, -0.2) is 4.98 Å². The van der Waals surface area contributed by atoms with Crippen molar-refractivity contribution < 1.29 is 4.74 Å². The summed E-state index contributed by atoms with van der Waals surface area (Å²) < 4.78 is 6.31. The second-order valence-corrected chi connectivity index (χ2v) is 4.16. The highest BCUT2D eigenvalue weighted by Crippen LogP contribution is 2.15. The number of aromatic nitrogens is 2. The van der Waals surface area contributed by atoms with Crippen LogP contribution in [0.3, 0.4) is 0 Å². The van der Waals surface area contributed by atoms with E-state index >= 15 is 0 Å². The molecule has 0 saturated heterocycles. The molecule has 2 aromatic rings. The second-order valence-electron chi connectivity index (χ2n) is 3.35. The molecule has 3 nitrogen and oxygen atoms in total. The van der Waals surface area contributed by atoms with Crippen molar-refractivity contribution in [3.05, 3.63) is 52.4 Å². The quantitative estimate of drug-likeness (QED) is 0.810. The molecule has 0 aliphatic rings. The number of hydrogen-bond acceptors (Lipinski definition) is 3. The molecule has 0 N–H and O–H groups in total. The predicted octanol–water partition coefficient (Wildman–Crippen LogP) is 3.13. The van der Waals surface area contributed by atoms with Gasteiger partial charge in [-0.3, -0.25) is 0 Å². The maximum atomic E-state index is 5.57. The first-order valence-electron chi connectivity index (χ1n) is 4.92. The Hall–Kier alpha value is -1.42. The van der Waals surface area contributed by atoms with Gasteiger partial charge in [-0.2, -0.15) is 4.98 Å². The molecular formula is C12H11BrN2O. The molecule has 0 aliphatic heterocycles. The number of ether oxygens (including phenoxy) is 1. The minimum atomic E-state index is 0.518. The van der Waals surface area contributed by atoms with Crippen molar-refractivity contribution in [3.63, 3.8) is 0 Å². The van der Waals surface area contributed by atoms with Gasteiger partial charge < -0.3 is 4.74 Å². The molecule has 1 heterocycles. The van der Waals surface area contributed by atoms with Crippen molar-refractivity contribution >= 4 is 15.9 Å². The highest BCUT2D eigenvalue weighted by molar-refractivity contribution is 9.10. The van der Waals surface area contributed by atoms with Crippen LogP contribution in [0.15, 0.2) is 41.0 Å². The third-order valence-electron chi connectivity index (χ3n) is 2.01. The molecule has 1 aromatic carbocycles. The fourth-order valence-corrected chi connectivity index (χ4v) is 1.76. The molecule has 0 bridgehead atoms. The molecule has 0 spiro atoms. The monoisotopic (exact) mass is 278 g/mol. The van der Waals surface area contributed by atoms with E-state index in [1.807, 2.05) is 37.3 Å². The van der Waals surface area contributed by atoms with Crippen LogP contribution in [0.1, 0.15) is 11.4 Å². The lowest BCUT2D eigenvalue weighted by Crippen LogP contribution is -1.99. The summed E-state index contributed by atoms with van der Waals surface area (Å²) in [5.74, 6) is 1.28. The Morgan fingerprint density at radius 3 is 2.62 bits per heavy atom. The van der Waals surface area contributed by atoms with Gasteiger partial charge in [-0.05, 0) is 28.4 Å². The van der Waals surface area contributed by atoms with Gasteiger partial charge in [0.05, 0.1) is 0 Å². The van der Waals surface area contributed by atoms with Crippen molar-refractivity contribution in [3.8, 4) is 5.88 Å². The van der Waals surface area contributed by atoms with E-state index in [1.54, 1.807) is 6.07 Å². The van der Waals surface area contributed by atoms with Crippen molar-refractivity contribution in [2.45, 2.75) is 13.5 Å². The lowest BCUT2D eigenvalue weighted by Gasteiger charge is -2.05. The van der Waals surface area contributed by atoms with Crippen LogP contribution in [-0.4, -0.2) is 9.97 Å². The summed E-state index contributed by atoms with van der Waals surface area (Å²) in [6.07, 6.45) is 0. The molecule has 0 atom stereocenters. The van der Waals surface area contributed by atoms with Crippen LogP contribution in [-0.2, 0) is 6.61 Å². The highest BCUT2D eigenvalue weighted by atomic mass is 79.9. The van der Waals surface area contributed by atoms with Gasteiger partial charge in [0.1, 0.15) is 17.0 Å². The molecule has 0 unspecified atom stereocenters. The lowest BCUT2D eigenvalue weighted by atomic mass is 10.2. The fourth-order valence-electron chi connectivity index (χ4n) is 1.31. The van der Waals surface area contributed by atoms with Crippen molar-refractivity contribution in [1.29, 1.82) is 0 Å². The minimum absolute atomic E-state index is 0.518. The number of nitrogens with zero attached hydrogens (tertiary/aromatic N) is 2. The summed E-state index contributed by atoms with van der Waals surface area (Å²) >= 11 is 3.31. The van der Waals surface area contributed by atoms with E-state index in [0.717, 1.165) is 10.2 Å². The van der Waals surface area contributed by atoms with Gasteiger partial charge in [0, 0.05) is 6.07 Å². The molecule has 16 heavy (non-hydrogen) atoms.